The molecule has 0 aliphatic rings. The summed E-state index contributed by atoms with van der Waals surface area (Å²) in [7, 11) is 0. The van der Waals surface area contributed by atoms with E-state index in [2.05, 4.69) is 20.9 Å². The molecular formula is C28H35N5O6. The Kier molecular flexibility index (Phi) is 10.0. The number of carbonyl (C=O) groups excluding carboxylic acids is 3. The third-order valence-electron chi connectivity index (χ3n) is 6.68. The van der Waals surface area contributed by atoms with Crippen molar-refractivity contribution < 1.29 is 29.4 Å². The number of amides is 3. The van der Waals surface area contributed by atoms with Crippen LogP contribution in [0.5, 0.6) is 5.75 Å². The minimum atomic E-state index is -1.24. The average molecular weight is 538 g/mol. The van der Waals surface area contributed by atoms with Crippen molar-refractivity contribution in [3.8, 4) is 5.75 Å². The fraction of sp³-hybridized carbons (Fsp3) is 0.357. The van der Waals surface area contributed by atoms with Crippen molar-refractivity contribution in [2.75, 3.05) is 6.54 Å². The summed E-state index contributed by atoms with van der Waals surface area (Å²) < 4.78 is 0. The highest BCUT2D eigenvalue weighted by Crippen LogP contribution is 2.19. The van der Waals surface area contributed by atoms with E-state index < -0.39 is 48.4 Å². The van der Waals surface area contributed by atoms with Crippen LogP contribution in [0.15, 0.2) is 54.7 Å². The number of para-hydroxylation sites is 1. The van der Waals surface area contributed by atoms with Crippen molar-refractivity contribution in [1.29, 1.82) is 0 Å². The summed E-state index contributed by atoms with van der Waals surface area (Å²) in [5, 5.41) is 27.6. The summed E-state index contributed by atoms with van der Waals surface area (Å²) in [5.74, 6) is -3.27. The van der Waals surface area contributed by atoms with Crippen LogP contribution in [-0.4, -0.2) is 63.6 Å². The molecule has 11 heteroatoms. The third-order valence-corrected chi connectivity index (χ3v) is 6.68. The Labute approximate surface area is 226 Å². The smallest absolute Gasteiger partial charge is 0.326 e. The van der Waals surface area contributed by atoms with Crippen LogP contribution < -0.4 is 21.7 Å². The number of aliphatic carboxylic acids is 1. The molecule has 1 aromatic heterocycles. The van der Waals surface area contributed by atoms with Gasteiger partial charge in [0.1, 0.15) is 17.8 Å². The quantitative estimate of drug-likeness (QED) is 0.171. The number of aromatic amines is 1. The number of hydrogen-bond acceptors (Lipinski definition) is 6. The highest BCUT2D eigenvalue weighted by Gasteiger charge is 2.30. The number of carbonyl (C=O) groups is 4. The average Bonchev–Trinajstić information content (AvgIpc) is 3.33. The van der Waals surface area contributed by atoms with Gasteiger partial charge in [0.25, 0.3) is 0 Å². The number of phenols is 1. The second kappa shape index (κ2) is 13.4. The van der Waals surface area contributed by atoms with Crippen LogP contribution in [0.25, 0.3) is 10.9 Å². The molecule has 3 rings (SSSR count). The van der Waals surface area contributed by atoms with Crippen LogP contribution in [0.3, 0.4) is 0 Å². The molecule has 208 valence electrons. The molecule has 3 aromatic rings. The minimum absolute atomic E-state index is 0.00704. The molecule has 4 atom stereocenters. The molecule has 8 N–H and O–H groups in total. The van der Waals surface area contributed by atoms with Crippen LogP contribution in [0.1, 0.15) is 31.4 Å². The predicted octanol–water partition coefficient (Wildman–Crippen LogP) is 1.20. The Morgan fingerprint density at radius 2 is 1.67 bits per heavy atom. The summed E-state index contributed by atoms with van der Waals surface area (Å²) in [5.41, 5.74) is 8.49. The molecule has 3 amide bonds. The molecule has 0 bridgehead atoms. The first-order chi connectivity index (χ1) is 18.6. The van der Waals surface area contributed by atoms with Crippen LogP contribution >= 0.6 is 0 Å². The number of aromatic hydroxyl groups is 1. The number of carboxylic acid groups (broad SMARTS) is 1. The number of benzene rings is 2. The molecule has 11 nitrogen and oxygen atoms in total. The van der Waals surface area contributed by atoms with Crippen molar-refractivity contribution in [2.45, 2.75) is 51.2 Å². The lowest BCUT2D eigenvalue weighted by atomic mass is 9.97. The molecule has 0 fully saturated rings. The van der Waals surface area contributed by atoms with Crippen LogP contribution in [0, 0.1) is 5.92 Å². The number of nitrogens with one attached hydrogen (secondary N) is 4. The van der Waals surface area contributed by atoms with Gasteiger partial charge in [-0.25, -0.2) is 4.79 Å². The van der Waals surface area contributed by atoms with Gasteiger partial charge in [0.05, 0.1) is 12.6 Å². The van der Waals surface area contributed by atoms with Gasteiger partial charge in [0.2, 0.25) is 17.7 Å². The first kappa shape index (κ1) is 29.2. The highest BCUT2D eigenvalue weighted by molar-refractivity contribution is 5.93. The van der Waals surface area contributed by atoms with Crippen molar-refractivity contribution in [1.82, 2.24) is 20.9 Å². The van der Waals surface area contributed by atoms with Gasteiger partial charge in [0.15, 0.2) is 0 Å². The molecule has 2 aromatic carbocycles. The zero-order valence-corrected chi connectivity index (χ0v) is 21.9. The van der Waals surface area contributed by atoms with Gasteiger partial charge >= 0.3 is 5.97 Å². The second-order valence-electron chi connectivity index (χ2n) is 9.59. The maximum absolute atomic E-state index is 13.0. The molecule has 0 saturated heterocycles. The number of phenolic OH excluding ortho intramolecular Hbond substituents is 1. The first-order valence-corrected chi connectivity index (χ1v) is 12.8. The largest absolute Gasteiger partial charge is 0.508 e. The van der Waals surface area contributed by atoms with E-state index in [4.69, 9.17) is 5.73 Å². The molecular weight excluding hydrogens is 502 g/mol. The van der Waals surface area contributed by atoms with Crippen LogP contribution in [0.4, 0.5) is 0 Å². The Bertz CT molecular complexity index is 1310. The van der Waals surface area contributed by atoms with Gasteiger partial charge in [-0.1, -0.05) is 50.6 Å². The van der Waals surface area contributed by atoms with Gasteiger partial charge in [-0.3, -0.25) is 14.4 Å². The Morgan fingerprint density at radius 1 is 0.974 bits per heavy atom. The van der Waals surface area contributed by atoms with Crippen LogP contribution in [-0.2, 0) is 32.0 Å². The number of fused-ring (bicyclic) bond motifs is 1. The molecule has 0 saturated carbocycles. The maximum Gasteiger partial charge on any atom is 0.326 e. The third kappa shape index (κ3) is 8.05. The fourth-order valence-electron chi connectivity index (χ4n) is 4.18. The normalized spacial score (nSPS) is 14.1. The SMILES string of the molecule is CCC(C)C(NC(=O)CNC(=O)C(N)Cc1c[nH]c2ccccc12)C(=O)NC(Cc1ccc(O)cc1)C(=O)O. The zero-order chi connectivity index (χ0) is 28.5. The van der Waals surface area contributed by atoms with E-state index in [9.17, 15) is 29.4 Å². The van der Waals surface area contributed by atoms with Gasteiger partial charge in [0, 0.05) is 23.5 Å². The number of hydrogen-bond donors (Lipinski definition) is 7. The van der Waals surface area contributed by atoms with Gasteiger partial charge < -0.3 is 36.9 Å². The van der Waals surface area contributed by atoms with Crippen molar-refractivity contribution in [2.24, 2.45) is 11.7 Å². The summed E-state index contributed by atoms with van der Waals surface area (Å²) in [6.45, 7) is 3.21. The van der Waals surface area contributed by atoms with Gasteiger partial charge in [-0.15, -0.1) is 0 Å². The van der Waals surface area contributed by atoms with E-state index in [1.54, 1.807) is 25.3 Å². The predicted molar refractivity (Wildman–Crippen MR) is 146 cm³/mol. The zero-order valence-electron chi connectivity index (χ0n) is 21.9. The maximum atomic E-state index is 13.0. The van der Waals surface area contributed by atoms with E-state index in [-0.39, 0.29) is 24.5 Å². The second-order valence-corrected chi connectivity index (χ2v) is 9.59. The summed E-state index contributed by atoms with van der Waals surface area (Å²) in [6.07, 6.45) is 2.60. The Morgan fingerprint density at radius 3 is 2.33 bits per heavy atom. The summed E-state index contributed by atoms with van der Waals surface area (Å²) in [6, 6.07) is 10.5. The molecule has 39 heavy (non-hydrogen) atoms. The van der Waals surface area contributed by atoms with E-state index in [1.807, 2.05) is 31.2 Å². The van der Waals surface area contributed by atoms with E-state index in [1.165, 1.54) is 12.1 Å². The topological polar surface area (TPSA) is 187 Å². The van der Waals surface area contributed by atoms with Crippen molar-refractivity contribution in [3.63, 3.8) is 0 Å². The molecule has 1 heterocycles. The standard InChI is InChI=1S/C28H35N5O6/c1-3-16(2)25(27(37)32-23(28(38)39)12-17-8-10-19(34)11-9-17)33-24(35)15-31-26(36)21(29)13-18-14-30-22-7-5-4-6-20(18)22/h4-11,14,16,21,23,25,30,34H,3,12-13,15,29H2,1-2H3,(H,31,36)(H,32,37)(H,33,35)(H,38,39). The van der Waals surface area contributed by atoms with Gasteiger partial charge in [-0.2, -0.15) is 0 Å². The fourth-order valence-corrected chi connectivity index (χ4v) is 4.18. The molecule has 0 spiro atoms. The number of nitrogens with two attached hydrogens (primary N) is 1. The van der Waals surface area contributed by atoms with E-state index in [0.29, 0.717) is 12.0 Å². The lowest BCUT2D eigenvalue weighted by Gasteiger charge is -2.25. The monoisotopic (exact) mass is 537 g/mol. The lowest BCUT2D eigenvalue weighted by Crippen LogP contribution is -2.56. The Balaban J connectivity index is 1.56. The lowest BCUT2D eigenvalue weighted by molar-refractivity contribution is -0.142. The summed E-state index contributed by atoms with van der Waals surface area (Å²) >= 11 is 0. The Hall–Kier alpha value is -4.38. The first-order valence-electron chi connectivity index (χ1n) is 12.8. The molecule has 0 aliphatic heterocycles. The molecule has 0 radical (unpaired) electrons. The van der Waals surface area contributed by atoms with Crippen LogP contribution in [0.2, 0.25) is 0 Å². The minimum Gasteiger partial charge on any atom is -0.508 e. The molecule has 4 unspecified atom stereocenters. The number of rotatable bonds is 13. The van der Waals surface area contributed by atoms with Gasteiger partial charge in [-0.05, 0) is 41.7 Å². The molecule has 0 aliphatic carbocycles. The number of carboxylic acids is 1. The number of H-pyrrole nitrogens is 1. The summed E-state index contributed by atoms with van der Waals surface area (Å²) in [4.78, 5) is 53.2. The highest BCUT2D eigenvalue weighted by atomic mass is 16.4. The van der Waals surface area contributed by atoms with Crippen molar-refractivity contribution >= 4 is 34.6 Å². The number of aromatic nitrogens is 1. The van der Waals surface area contributed by atoms with E-state index in [0.717, 1.165) is 16.5 Å². The van der Waals surface area contributed by atoms with E-state index >= 15 is 0 Å². The van der Waals surface area contributed by atoms with Crippen molar-refractivity contribution in [3.05, 3.63) is 65.9 Å².